The smallest absolute Gasteiger partial charge is 0.165 e. The van der Waals surface area contributed by atoms with Gasteiger partial charge in [-0.25, -0.2) is 13.9 Å². The zero-order chi connectivity index (χ0) is 18.0. The van der Waals surface area contributed by atoms with Crippen molar-refractivity contribution in [3.05, 3.63) is 48.5 Å². The van der Waals surface area contributed by atoms with Gasteiger partial charge in [0.15, 0.2) is 17.2 Å². The average Bonchev–Trinajstić information content (AvgIpc) is 3.00. The maximum absolute atomic E-state index is 14.5. The third-order valence-corrected chi connectivity index (χ3v) is 3.92. The fourth-order valence-corrected chi connectivity index (χ4v) is 3.02. The van der Waals surface area contributed by atoms with Crippen molar-refractivity contribution in [2.24, 2.45) is 11.7 Å². The molecule has 0 spiro atoms. The molecule has 0 aliphatic rings. The van der Waals surface area contributed by atoms with Crippen LogP contribution < -0.4 is 10.5 Å². The summed E-state index contributed by atoms with van der Waals surface area (Å²) in [6.45, 7) is 6.43. The number of nitrogens with zero attached hydrogens (tertiary/aromatic N) is 3. The van der Waals surface area contributed by atoms with E-state index < -0.39 is 5.82 Å². The van der Waals surface area contributed by atoms with Gasteiger partial charge in [-0.3, -0.25) is 0 Å². The zero-order valence-corrected chi connectivity index (χ0v) is 14.7. The molecule has 5 nitrogen and oxygen atoms in total. The second kappa shape index (κ2) is 6.80. The Hall–Kier alpha value is -2.47. The minimum atomic E-state index is -0.395. The summed E-state index contributed by atoms with van der Waals surface area (Å²) in [5.74, 6) is 0.0907. The van der Waals surface area contributed by atoms with Gasteiger partial charge >= 0.3 is 0 Å². The summed E-state index contributed by atoms with van der Waals surface area (Å²) >= 11 is 0. The molecular weight excluding hydrogens is 319 g/mol. The van der Waals surface area contributed by atoms with Crippen molar-refractivity contribution in [1.29, 1.82) is 0 Å². The van der Waals surface area contributed by atoms with Gasteiger partial charge in [0, 0.05) is 23.4 Å². The molecule has 0 saturated heterocycles. The predicted octanol–water partition coefficient (Wildman–Crippen LogP) is 3.68. The van der Waals surface area contributed by atoms with Crippen LogP contribution in [0.25, 0.3) is 16.9 Å². The number of rotatable bonds is 6. The molecule has 0 radical (unpaired) electrons. The molecule has 0 amide bonds. The molecule has 2 N–H and O–H groups in total. The second-order valence-corrected chi connectivity index (χ2v) is 7.19. The molecule has 132 valence electrons. The number of hydrogen-bond acceptors (Lipinski definition) is 4. The number of ether oxygens (including phenoxy) is 1. The lowest BCUT2D eigenvalue weighted by Gasteiger charge is -2.23. The van der Waals surface area contributed by atoms with E-state index in [4.69, 9.17) is 10.5 Å². The fraction of sp³-hybridized carbons (Fsp3) is 0.368. The molecule has 2 aromatic heterocycles. The molecule has 1 aromatic carbocycles. The topological polar surface area (TPSA) is 65.4 Å². The maximum Gasteiger partial charge on any atom is 0.165 e. The molecule has 1 atom stereocenters. The first-order valence-corrected chi connectivity index (χ1v) is 8.34. The average molecular weight is 342 g/mol. The largest absolute Gasteiger partial charge is 0.490 e. The lowest BCUT2D eigenvalue weighted by atomic mass is 9.93. The normalized spacial score (nSPS) is 13.2. The van der Waals surface area contributed by atoms with Crippen molar-refractivity contribution < 1.29 is 9.13 Å². The van der Waals surface area contributed by atoms with Gasteiger partial charge in [0.2, 0.25) is 0 Å². The van der Waals surface area contributed by atoms with E-state index >= 15 is 0 Å². The van der Waals surface area contributed by atoms with Crippen molar-refractivity contribution in [2.45, 2.75) is 32.7 Å². The fourth-order valence-electron chi connectivity index (χ4n) is 3.02. The Morgan fingerprint density at radius 3 is 2.76 bits per heavy atom. The minimum Gasteiger partial charge on any atom is -0.490 e. The van der Waals surface area contributed by atoms with Gasteiger partial charge in [-0.15, -0.1) is 0 Å². The van der Waals surface area contributed by atoms with Crippen molar-refractivity contribution in [1.82, 2.24) is 14.6 Å². The van der Waals surface area contributed by atoms with E-state index in [2.05, 4.69) is 10.1 Å². The monoisotopic (exact) mass is 342 g/mol. The number of benzene rings is 1. The van der Waals surface area contributed by atoms with Gasteiger partial charge < -0.3 is 10.5 Å². The number of hydrogen-bond donors (Lipinski definition) is 1. The summed E-state index contributed by atoms with van der Waals surface area (Å²) in [5, 5.41) is 4.23. The first kappa shape index (κ1) is 17.4. The molecule has 0 bridgehead atoms. The Bertz CT molecular complexity index is 869. The lowest BCUT2D eigenvalue weighted by molar-refractivity contribution is 0.222. The van der Waals surface area contributed by atoms with Crippen molar-refractivity contribution in [2.75, 3.05) is 6.61 Å². The Morgan fingerprint density at radius 1 is 1.24 bits per heavy atom. The first-order chi connectivity index (χ1) is 11.8. The highest BCUT2D eigenvalue weighted by atomic mass is 19.1. The molecule has 0 aliphatic heterocycles. The van der Waals surface area contributed by atoms with Gasteiger partial charge in [-0.05, 0) is 50.5 Å². The van der Waals surface area contributed by atoms with E-state index in [1.807, 2.05) is 26.8 Å². The van der Waals surface area contributed by atoms with Crippen LogP contribution in [0.4, 0.5) is 4.39 Å². The molecular formula is C19H23FN4O. The molecule has 0 saturated carbocycles. The summed E-state index contributed by atoms with van der Waals surface area (Å²) in [4.78, 5) is 4.22. The molecule has 6 heteroatoms. The second-order valence-electron chi connectivity index (χ2n) is 7.19. The summed E-state index contributed by atoms with van der Waals surface area (Å²) in [6, 6.07) is 8.55. The Morgan fingerprint density at radius 2 is 2.04 bits per heavy atom. The molecule has 25 heavy (non-hydrogen) atoms. The zero-order valence-electron chi connectivity index (χ0n) is 14.7. The summed E-state index contributed by atoms with van der Waals surface area (Å²) in [5.41, 5.74) is 7.97. The van der Waals surface area contributed by atoms with Gasteiger partial charge in [0.25, 0.3) is 0 Å². The van der Waals surface area contributed by atoms with Crippen LogP contribution in [-0.4, -0.2) is 26.7 Å². The summed E-state index contributed by atoms with van der Waals surface area (Å²) < 4.78 is 21.8. The number of halogens is 1. The van der Waals surface area contributed by atoms with Crippen LogP contribution in [0.15, 0.2) is 42.7 Å². The van der Waals surface area contributed by atoms with Crippen molar-refractivity contribution in [3.63, 3.8) is 0 Å². The van der Waals surface area contributed by atoms with E-state index in [0.717, 1.165) is 23.3 Å². The Kier molecular flexibility index (Phi) is 4.72. The highest BCUT2D eigenvalue weighted by molar-refractivity contribution is 5.63. The summed E-state index contributed by atoms with van der Waals surface area (Å²) in [6.07, 6.45) is 4.16. The number of nitrogens with two attached hydrogens (primary N) is 1. The SMILES string of the molecule is C[C@H](COc1ccc(-c2ccnc3ccnn23)cc1F)CC(C)(C)N. The van der Waals surface area contributed by atoms with Gasteiger partial charge in [-0.2, -0.15) is 5.10 Å². The van der Waals surface area contributed by atoms with Gasteiger partial charge in [0.05, 0.1) is 18.5 Å². The molecule has 0 unspecified atom stereocenters. The molecule has 3 rings (SSSR count). The highest BCUT2D eigenvalue weighted by Gasteiger charge is 2.17. The number of fused-ring (bicyclic) bond motifs is 1. The van der Waals surface area contributed by atoms with Crippen LogP contribution in [0.2, 0.25) is 0 Å². The van der Waals surface area contributed by atoms with E-state index in [-0.39, 0.29) is 17.2 Å². The van der Waals surface area contributed by atoms with Crippen molar-refractivity contribution >= 4 is 5.65 Å². The van der Waals surface area contributed by atoms with Crippen LogP contribution >= 0.6 is 0 Å². The molecule has 0 aliphatic carbocycles. The predicted molar refractivity (Wildman–Crippen MR) is 95.9 cm³/mol. The van der Waals surface area contributed by atoms with E-state index in [1.54, 1.807) is 35.1 Å². The highest BCUT2D eigenvalue weighted by Crippen LogP contribution is 2.26. The first-order valence-electron chi connectivity index (χ1n) is 8.34. The van der Waals surface area contributed by atoms with Crippen LogP contribution in [0, 0.1) is 11.7 Å². The quantitative estimate of drug-likeness (QED) is 0.742. The third-order valence-electron chi connectivity index (χ3n) is 3.92. The molecule has 0 fully saturated rings. The van der Waals surface area contributed by atoms with Crippen LogP contribution in [0.5, 0.6) is 5.75 Å². The lowest BCUT2D eigenvalue weighted by Crippen LogP contribution is -2.35. The Balaban J connectivity index is 1.76. The van der Waals surface area contributed by atoms with E-state index in [9.17, 15) is 4.39 Å². The Labute approximate surface area is 146 Å². The van der Waals surface area contributed by atoms with Crippen molar-refractivity contribution in [3.8, 4) is 17.0 Å². The summed E-state index contributed by atoms with van der Waals surface area (Å²) in [7, 11) is 0. The van der Waals surface area contributed by atoms with E-state index in [1.165, 1.54) is 6.07 Å². The van der Waals surface area contributed by atoms with E-state index in [0.29, 0.717) is 6.61 Å². The molecule has 3 aromatic rings. The third kappa shape index (κ3) is 4.14. The van der Waals surface area contributed by atoms with Gasteiger partial charge in [0.1, 0.15) is 0 Å². The van der Waals surface area contributed by atoms with Crippen LogP contribution in [0.1, 0.15) is 27.2 Å². The van der Waals surface area contributed by atoms with Crippen LogP contribution in [-0.2, 0) is 0 Å². The molecule has 2 heterocycles. The minimum absolute atomic E-state index is 0.239. The standard InChI is InChI=1S/C19H23FN4O/c1-13(11-19(2,3)21)12-25-17-5-4-14(10-15(17)20)16-6-8-22-18-7-9-23-24(16)18/h4-10,13H,11-12,21H2,1-3H3/t13-/m0/s1. The number of aromatic nitrogens is 3. The van der Waals surface area contributed by atoms with Gasteiger partial charge in [-0.1, -0.05) is 6.92 Å². The maximum atomic E-state index is 14.5. The van der Waals surface area contributed by atoms with Crippen LogP contribution in [0.3, 0.4) is 0 Å².